The van der Waals surface area contributed by atoms with Crippen molar-refractivity contribution in [3.63, 3.8) is 0 Å². The van der Waals surface area contributed by atoms with Gasteiger partial charge in [-0.3, -0.25) is 0 Å². The first-order valence-electron chi connectivity index (χ1n) is 6.79. The van der Waals surface area contributed by atoms with E-state index in [1.807, 2.05) is 11.4 Å². The second-order valence-corrected chi connectivity index (χ2v) is 5.84. The number of anilines is 1. The van der Waals surface area contributed by atoms with Crippen LogP contribution in [0.2, 0.25) is 0 Å². The Hall–Kier alpha value is -1.17. The summed E-state index contributed by atoms with van der Waals surface area (Å²) in [6.45, 7) is 3.12. The number of nitrogens with zero attached hydrogens (tertiary/aromatic N) is 5. The topological polar surface area (TPSA) is 46.3 Å². The van der Waals surface area contributed by atoms with E-state index in [1.54, 1.807) is 6.33 Å². The molecule has 3 heterocycles. The normalized spacial score (nSPS) is 19.5. The van der Waals surface area contributed by atoms with Gasteiger partial charge < -0.3 is 4.90 Å². The van der Waals surface area contributed by atoms with Gasteiger partial charge in [0, 0.05) is 29.7 Å². The Labute approximate surface area is 121 Å². The number of alkyl halides is 1. The van der Waals surface area contributed by atoms with Crippen molar-refractivity contribution >= 4 is 27.5 Å². The first-order valence-corrected chi connectivity index (χ1v) is 7.92. The van der Waals surface area contributed by atoms with Gasteiger partial charge in [-0.15, -0.1) is 0 Å². The lowest BCUT2D eigenvalue weighted by Gasteiger charge is -2.26. The Bertz CT molecular complexity index is 567. The van der Waals surface area contributed by atoms with Crippen LogP contribution in [0.1, 0.15) is 31.4 Å². The molecule has 19 heavy (non-hydrogen) atoms. The number of aromatic nitrogens is 4. The fourth-order valence-electron chi connectivity index (χ4n) is 2.87. The third-order valence-electron chi connectivity index (χ3n) is 3.70. The first-order chi connectivity index (χ1) is 9.29. The van der Waals surface area contributed by atoms with Gasteiger partial charge in [-0.05, 0) is 32.6 Å². The third kappa shape index (κ3) is 2.45. The van der Waals surface area contributed by atoms with E-state index in [4.69, 9.17) is 0 Å². The van der Waals surface area contributed by atoms with Crippen LogP contribution in [0.5, 0.6) is 0 Å². The van der Waals surface area contributed by atoms with Crippen molar-refractivity contribution < 1.29 is 0 Å². The maximum Gasteiger partial charge on any atom is 0.254 e. The summed E-state index contributed by atoms with van der Waals surface area (Å²) in [6, 6.07) is 2.74. The smallest absolute Gasteiger partial charge is 0.254 e. The summed E-state index contributed by atoms with van der Waals surface area (Å²) >= 11 is 3.52. The lowest BCUT2D eigenvalue weighted by molar-refractivity contribution is 0.595. The largest absolute Gasteiger partial charge is 0.353 e. The molecular weight excluding hydrogens is 306 g/mol. The standard InChI is InChI=1S/C13H18BrN5/c1-10-8-12(19-13(17-10)15-9-16-19)18-7-3-5-11(18)4-2-6-14/h8-9,11H,2-7H2,1H3. The molecule has 0 amide bonds. The van der Waals surface area contributed by atoms with Gasteiger partial charge in [0.05, 0.1) is 0 Å². The van der Waals surface area contributed by atoms with Gasteiger partial charge in [0.1, 0.15) is 12.1 Å². The van der Waals surface area contributed by atoms with Crippen LogP contribution in [-0.2, 0) is 0 Å². The summed E-state index contributed by atoms with van der Waals surface area (Å²) in [5.74, 6) is 1.83. The van der Waals surface area contributed by atoms with Gasteiger partial charge in [0.2, 0.25) is 0 Å². The summed E-state index contributed by atoms with van der Waals surface area (Å²) < 4.78 is 1.86. The summed E-state index contributed by atoms with van der Waals surface area (Å²) in [5, 5.41) is 5.39. The van der Waals surface area contributed by atoms with Crippen molar-refractivity contribution in [3.8, 4) is 0 Å². The van der Waals surface area contributed by atoms with E-state index in [-0.39, 0.29) is 0 Å². The van der Waals surface area contributed by atoms with Crippen molar-refractivity contribution in [2.24, 2.45) is 0 Å². The first kappa shape index (κ1) is 12.8. The SMILES string of the molecule is Cc1cc(N2CCCC2CCCBr)n2ncnc2n1. The van der Waals surface area contributed by atoms with Crippen LogP contribution in [0.3, 0.4) is 0 Å². The Kier molecular flexibility index (Phi) is 3.68. The summed E-state index contributed by atoms with van der Waals surface area (Å²) in [4.78, 5) is 11.1. The van der Waals surface area contributed by atoms with Crippen LogP contribution in [0.15, 0.2) is 12.4 Å². The molecule has 1 atom stereocenters. The molecule has 5 nitrogen and oxygen atoms in total. The molecule has 6 heteroatoms. The predicted molar refractivity (Wildman–Crippen MR) is 78.9 cm³/mol. The van der Waals surface area contributed by atoms with E-state index in [9.17, 15) is 0 Å². The van der Waals surface area contributed by atoms with Gasteiger partial charge in [-0.2, -0.15) is 14.6 Å². The predicted octanol–water partition coefficient (Wildman–Crippen LogP) is 2.58. The van der Waals surface area contributed by atoms with E-state index in [0.29, 0.717) is 11.8 Å². The van der Waals surface area contributed by atoms with Crippen LogP contribution in [0.25, 0.3) is 5.78 Å². The van der Waals surface area contributed by atoms with Crippen molar-refractivity contribution in [1.82, 2.24) is 19.6 Å². The summed E-state index contributed by atoms with van der Waals surface area (Å²) in [5.41, 5.74) is 1.00. The molecule has 0 bridgehead atoms. The second kappa shape index (κ2) is 5.45. The molecule has 3 rings (SSSR count). The molecule has 0 saturated carbocycles. The van der Waals surface area contributed by atoms with Crippen LogP contribution in [0, 0.1) is 6.92 Å². The van der Waals surface area contributed by atoms with Crippen LogP contribution < -0.4 is 4.90 Å². The minimum Gasteiger partial charge on any atom is -0.353 e. The highest BCUT2D eigenvalue weighted by atomic mass is 79.9. The van der Waals surface area contributed by atoms with E-state index in [0.717, 1.165) is 23.4 Å². The molecule has 0 aliphatic carbocycles. The fraction of sp³-hybridized carbons (Fsp3) is 0.615. The highest BCUT2D eigenvalue weighted by Crippen LogP contribution is 2.28. The average molecular weight is 324 g/mol. The molecule has 2 aromatic heterocycles. The zero-order valence-corrected chi connectivity index (χ0v) is 12.7. The molecule has 2 aromatic rings. The molecule has 0 N–H and O–H groups in total. The maximum absolute atomic E-state index is 4.41. The van der Waals surface area contributed by atoms with Gasteiger partial charge >= 0.3 is 0 Å². The van der Waals surface area contributed by atoms with Crippen molar-refractivity contribution in [2.45, 2.75) is 38.6 Å². The van der Waals surface area contributed by atoms with Crippen molar-refractivity contribution in [1.29, 1.82) is 0 Å². The zero-order chi connectivity index (χ0) is 13.2. The van der Waals surface area contributed by atoms with E-state index < -0.39 is 0 Å². The summed E-state index contributed by atoms with van der Waals surface area (Å²) in [6.07, 6.45) is 6.54. The van der Waals surface area contributed by atoms with Crippen LogP contribution in [0.4, 0.5) is 5.82 Å². The molecule has 0 radical (unpaired) electrons. The number of hydrogen-bond donors (Lipinski definition) is 0. The molecule has 1 aliphatic rings. The quantitative estimate of drug-likeness (QED) is 0.811. The Morgan fingerprint density at radius 2 is 2.37 bits per heavy atom. The number of halogens is 1. The molecule has 1 unspecified atom stereocenters. The van der Waals surface area contributed by atoms with E-state index in [2.05, 4.69) is 42.0 Å². The Balaban J connectivity index is 1.96. The molecule has 0 spiro atoms. The molecule has 0 aromatic carbocycles. The van der Waals surface area contributed by atoms with E-state index in [1.165, 1.54) is 25.7 Å². The van der Waals surface area contributed by atoms with Gasteiger partial charge in [0.25, 0.3) is 5.78 Å². The number of aryl methyl sites for hydroxylation is 1. The average Bonchev–Trinajstić information content (AvgIpc) is 3.03. The minimum absolute atomic E-state index is 0.617. The Morgan fingerprint density at radius 3 is 3.21 bits per heavy atom. The third-order valence-corrected chi connectivity index (χ3v) is 4.26. The Morgan fingerprint density at radius 1 is 1.47 bits per heavy atom. The van der Waals surface area contributed by atoms with Gasteiger partial charge in [-0.1, -0.05) is 15.9 Å². The number of fused-ring (bicyclic) bond motifs is 1. The summed E-state index contributed by atoms with van der Waals surface area (Å²) in [7, 11) is 0. The highest BCUT2D eigenvalue weighted by molar-refractivity contribution is 9.09. The fourth-order valence-corrected chi connectivity index (χ4v) is 3.19. The number of rotatable bonds is 4. The van der Waals surface area contributed by atoms with Crippen LogP contribution in [-0.4, -0.2) is 37.5 Å². The van der Waals surface area contributed by atoms with Crippen molar-refractivity contribution in [3.05, 3.63) is 18.1 Å². The monoisotopic (exact) mass is 323 g/mol. The molecular formula is C13H18BrN5. The van der Waals surface area contributed by atoms with Gasteiger partial charge in [-0.25, -0.2) is 4.98 Å². The second-order valence-electron chi connectivity index (χ2n) is 5.05. The molecule has 1 fully saturated rings. The lowest BCUT2D eigenvalue weighted by Crippen LogP contribution is -2.31. The molecule has 1 saturated heterocycles. The highest BCUT2D eigenvalue weighted by Gasteiger charge is 2.26. The van der Waals surface area contributed by atoms with Gasteiger partial charge in [0.15, 0.2) is 0 Å². The number of hydrogen-bond acceptors (Lipinski definition) is 4. The minimum atomic E-state index is 0.617. The maximum atomic E-state index is 4.41. The zero-order valence-electron chi connectivity index (χ0n) is 11.1. The van der Waals surface area contributed by atoms with E-state index >= 15 is 0 Å². The van der Waals surface area contributed by atoms with Crippen LogP contribution >= 0.6 is 15.9 Å². The lowest BCUT2D eigenvalue weighted by atomic mass is 10.1. The van der Waals surface area contributed by atoms with Crippen molar-refractivity contribution in [2.75, 3.05) is 16.8 Å². The molecule has 1 aliphatic heterocycles. The molecule has 102 valence electrons.